The predicted octanol–water partition coefficient (Wildman–Crippen LogP) is 1.48. The number of esters is 1. The molecule has 0 spiro atoms. The number of nitrogens with zero attached hydrogens (tertiary/aromatic N) is 2. The van der Waals surface area contributed by atoms with Crippen LogP contribution in [0.5, 0.6) is 0 Å². The van der Waals surface area contributed by atoms with E-state index in [1.54, 1.807) is 6.07 Å². The molecule has 1 saturated carbocycles. The van der Waals surface area contributed by atoms with Crippen LogP contribution < -0.4 is 10.1 Å². The highest BCUT2D eigenvalue weighted by atomic mass is 32.2. The number of benzene rings is 1. The second-order valence-electron chi connectivity index (χ2n) is 7.96. The zero-order valence-corrected chi connectivity index (χ0v) is 19.8. The monoisotopic (exact) mass is 481 g/mol. The molecule has 1 aliphatic rings. The Labute approximate surface area is 190 Å². The van der Waals surface area contributed by atoms with Crippen LogP contribution in [0, 0.1) is 6.92 Å². The number of hydrogen-bond donors (Lipinski definition) is 1. The van der Waals surface area contributed by atoms with E-state index in [-0.39, 0.29) is 17.4 Å². The molecule has 0 atom stereocenters. The first-order chi connectivity index (χ1) is 15.2. The number of methoxy groups -OCH3 is 1. The maximum atomic E-state index is 12.5. The number of nitrogens with one attached hydrogen (secondary N) is 1. The number of fused-ring (bicyclic) bond motifs is 1. The average Bonchev–Trinajstić information content (AvgIpc) is 3.03. The summed E-state index contributed by atoms with van der Waals surface area (Å²) < 4.78 is 31.8. The van der Waals surface area contributed by atoms with E-state index in [1.165, 1.54) is 23.0 Å². The highest BCUT2D eigenvalue weighted by molar-refractivity contribution is 7.92. The number of carbonyl (C=O) groups excluding carboxylic acids is 3. The summed E-state index contributed by atoms with van der Waals surface area (Å²) in [5, 5.41) is 2.74. The first kappa shape index (κ1) is 24.1. The molecule has 1 aromatic carbocycles. The molecule has 2 aromatic rings. The smallest absolute Gasteiger partial charge is 0.325 e. The molecule has 1 N–H and O–H groups in total. The molecule has 9 nitrogen and oxygen atoms in total. The molecule has 11 heteroatoms. The lowest BCUT2D eigenvalue weighted by atomic mass is 9.95. The predicted molar refractivity (Wildman–Crippen MR) is 121 cm³/mol. The lowest BCUT2D eigenvalue weighted by Crippen LogP contribution is -2.40. The van der Waals surface area contributed by atoms with Crippen molar-refractivity contribution in [2.45, 2.75) is 51.6 Å². The van der Waals surface area contributed by atoms with Crippen LogP contribution in [0.25, 0.3) is 10.2 Å². The lowest BCUT2D eigenvalue weighted by Gasteiger charge is -2.22. The Morgan fingerprint density at radius 2 is 1.91 bits per heavy atom. The van der Waals surface area contributed by atoms with Crippen molar-refractivity contribution in [2.75, 3.05) is 18.6 Å². The Morgan fingerprint density at radius 1 is 1.19 bits per heavy atom. The van der Waals surface area contributed by atoms with Gasteiger partial charge in [0.2, 0.25) is 5.91 Å². The Hall–Kier alpha value is -2.53. The fourth-order valence-electron chi connectivity index (χ4n) is 3.71. The van der Waals surface area contributed by atoms with E-state index in [0.717, 1.165) is 42.4 Å². The fourth-order valence-corrected chi connectivity index (χ4v) is 5.88. The summed E-state index contributed by atoms with van der Waals surface area (Å²) in [6.45, 7) is 1.75. The molecule has 32 heavy (non-hydrogen) atoms. The first-order valence-electron chi connectivity index (χ1n) is 10.4. The Bertz CT molecular complexity index is 1190. The maximum absolute atomic E-state index is 12.5. The SMILES string of the molecule is COC(=O)Cn1c(=NC(=O)CS(=O)(=O)CC(=O)NC2CCCCC2)sc2cc(C)ccc21. The number of aromatic nitrogens is 1. The number of carbonyl (C=O) groups is 3. The molecular formula is C21H27N3O6S2. The molecule has 0 radical (unpaired) electrons. The second-order valence-corrected chi connectivity index (χ2v) is 11.0. The molecule has 0 unspecified atom stereocenters. The van der Waals surface area contributed by atoms with Gasteiger partial charge in [-0.3, -0.25) is 14.4 Å². The van der Waals surface area contributed by atoms with Crippen molar-refractivity contribution >= 4 is 49.2 Å². The highest BCUT2D eigenvalue weighted by Crippen LogP contribution is 2.19. The van der Waals surface area contributed by atoms with E-state index in [2.05, 4.69) is 10.3 Å². The van der Waals surface area contributed by atoms with Gasteiger partial charge in [-0.1, -0.05) is 36.7 Å². The molecule has 0 saturated heterocycles. The van der Waals surface area contributed by atoms with Gasteiger partial charge < -0.3 is 14.6 Å². The van der Waals surface area contributed by atoms with Gasteiger partial charge in [0.25, 0.3) is 5.91 Å². The van der Waals surface area contributed by atoms with E-state index in [9.17, 15) is 22.8 Å². The van der Waals surface area contributed by atoms with Gasteiger partial charge in [0, 0.05) is 6.04 Å². The van der Waals surface area contributed by atoms with Gasteiger partial charge >= 0.3 is 5.97 Å². The lowest BCUT2D eigenvalue weighted by molar-refractivity contribution is -0.141. The van der Waals surface area contributed by atoms with Crippen molar-refractivity contribution in [3.05, 3.63) is 28.6 Å². The Morgan fingerprint density at radius 3 is 2.59 bits per heavy atom. The molecule has 0 aliphatic heterocycles. The summed E-state index contributed by atoms with van der Waals surface area (Å²) in [5.74, 6) is -3.64. The van der Waals surface area contributed by atoms with E-state index < -0.39 is 39.1 Å². The number of ether oxygens (including phenoxy) is 1. The van der Waals surface area contributed by atoms with Crippen LogP contribution in [0.15, 0.2) is 23.2 Å². The molecule has 1 heterocycles. The molecule has 1 fully saturated rings. The maximum Gasteiger partial charge on any atom is 0.325 e. The van der Waals surface area contributed by atoms with Crippen molar-refractivity contribution in [2.24, 2.45) is 4.99 Å². The zero-order chi connectivity index (χ0) is 23.3. The van der Waals surface area contributed by atoms with Crippen LogP contribution in [-0.2, 0) is 35.5 Å². The minimum atomic E-state index is -3.98. The van der Waals surface area contributed by atoms with E-state index in [4.69, 9.17) is 4.74 Å². The Kier molecular flexibility index (Phi) is 7.83. The standard InChI is InChI=1S/C21H27N3O6S2/c1-14-8-9-16-17(10-14)31-21(24(16)11-20(27)30-2)23-19(26)13-32(28,29)12-18(25)22-15-6-4-3-5-7-15/h8-10,15H,3-7,11-13H2,1-2H3,(H,22,25). The summed E-state index contributed by atoms with van der Waals surface area (Å²) in [7, 11) is -2.72. The second kappa shape index (κ2) is 10.4. The highest BCUT2D eigenvalue weighted by Gasteiger charge is 2.23. The number of thiazole rings is 1. The van der Waals surface area contributed by atoms with E-state index in [0.29, 0.717) is 5.52 Å². The topological polar surface area (TPSA) is 124 Å². The molecule has 1 aliphatic carbocycles. The van der Waals surface area contributed by atoms with Crippen molar-refractivity contribution in [3.63, 3.8) is 0 Å². The van der Waals surface area contributed by atoms with Gasteiger partial charge in [0.15, 0.2) is 14.6 Å². The van der Waals surface area contributed by atoms with Gasteiger partial charge in [-0.2, -0.15) is 4.99 Å². The van der Waals surface area contributed by atoms with Crippen molar-refractivity contribution in [3.8, 4) is 0 Å². The van der Waals surface area contributed by atoms with Crippen LogP contribution >= 0.6 is 11.3 Å². The minimum Gasteiger partial charge on any atom is -0.468 e. The third-order valence-electron chi connectivity index (χ3n) is 5.24. The van der Waals surface area contributed by atoms with Gasteiger partial charge in [0.05, 0.1) is 17.3 Å². The van der Waals surface area contributed by atoms with E-state index >= 15 is 0 Å². The number of amides is 2. The number of hydrogen-bond acceptors (Lipinski definition) is 7. The summed E-state index contributed by atoms with van der Waals surface area (Å²) >= 11 is 1.18. The summed E-state index contributed by atoms with van der Waals surface area (Å²) in [5.41, 5.74) is 1.68. The van der Waals surface area contributed by atoms with Crippen molar-refractivity contribution < 1.29 is 27.5 Å². The summed E-state index contributed by atoms with van der Waals surface area (Å²) in [6, 6.07) is 5.55. The molecule has 1 aromatic heterocycles. The van der Waals surface area contributed by atoms with Crippen LogP contribution in [-0.4, -0.2) is 55.4 Å². The Balaban J connectivity index is 1.77. The third kappa shape index (κ3) is 6.49. The third-order valence-corrected chi connectivity index (χ3v) is 7.67. The normalized spacial score (nSPS) is 15.6. The van der Waals surface area contributed by atoms with Crippen molar-refractivity contribution in [1.82, 2.24) is 9.88 Å². The molecular weight excluding hydrogens is 454 g/mol. The van der Waals surface area contributed by atoms with Gasteiger partial charge in [-0.25, -0.2) is 8.42 Å². The summed E-state index contributed by atoms with van der Waals surface area (Å²) in [4.78, 5) is 40.6. The van der Waals surface area contributed by atoms with E-state index in [1.807, 2.05) is 19.1 Å². The van der Waals surface area contributed by atoms with Crippen LogP contribution in [0.1, 0.15) is 37.7 Å². The van der Waals surface area contributed by atoms with Gasteiger partial charge in [0.1, 0.15) is 18.1 Å². The van der Waals surface area contributed by atoms with Crippen LogP contribution in [0.2, 0.25) is 0 Å². The fraction of sp³-hybridized carbons (Fsp3) is 0.524. The van der Waals surface area contributed by atoms with Crippen molar-refractivity contribution in [1.29, 1.82) is 0 Å². The average molecular weight is 482 g/mol. The first-order valence-corrected chi connectivity index (χ1v) is 13.0. The molecule has 0 bridgehead atoms. The molecule has 174 valence electrons. The largest absolute Gasteiger partial charge is 0.468 e. The molecule has 2 amide bonds. The summed E-state index contributed by atoms with van der Waals surface area (Å²) in [6.07, 6.45) is 4.82. The van der Waals surface area contributed by atoms with Crippen LogP contribution in [0.4, 0.5) is 0 Å². The van der Waals surface area contributed by atoms with Gasteiger partial charge in [-0.05, 0) is 37.5 Å². The number of sulfone groups is 1. The quantitative estimate of drug-likeness (QED) is 0.598. The number of rotatable bonds is 7. The van der Waals surface area contributed by atoms with Gasteiger partial charge in [-0.15, -0.1) is 0 Å². The number of aryl methyl sites for hydroxylation is 1. The zero-order valence-electron chi connectivity index (χ0n) is 18.1. The van der Waals surface area contributed by atoms with Crippen LogP contribution in [0.3, 0.4) is 0 Å². The molecule has 3 rings (SSSR count). The minimum absolute atomic E-state index is 0.00822.